The Morgan fingerprint density at radius 2 is 1.94 bits per heavy atom. The maximum atomic E-state index is 11.8. The Balaban J connectivity index is 3.18. The van der Waals surface area contributed by atoms with E-state index in [1.807, 2.05) is 13.8 Å². The fraction of sp³-hybridized carbons (Fsp3) is 0.636. The highest BCUT2D eigenvalue weighted by Crippen LogP contribution is 2.06. The largest absolute Gasteiger partial charge is 0.494 e. The lowest BCUT2D eigenvalue weighted by Crippen LogP contribution is -2.38. The van der Waals surface area contributed by atoms with E-state index < -0.39 is 11.2 Å². The minimum absolute atomic E-state index is 0.250. The lowest BCUT2D eigenvalue weighted by molar-refractivity contribution is 0.374. The van der Waals surface area contributed by atoms with E-state index in [1.54, 1.807) is 6.92 Å². The Kier molecular flexibility index (Phi) is 3.93. The summed E-state index contributed by atoms with van der Waals surface area (Å²) >= 11 is 0. The molecule has 16 heavy (non-hydrogen) atoms. The van der Waals surface area contributed by atoms with Gasteiger partial charge in [-0.1, -0.05) is 13.8 Å². The van der Waals surface area contributed by atoms with E-state index in [4.69, 9.17) is 0 Å². The molecule has 0 fully saturated rings. The zero-order valence-corrected chi connectivity index (χ0v) is 9.93. The predicted molar refractivity (Wildman–Crippen MR) is 61.8 cm³/mol. The lowest BCUT2D eigenvalue weighted by atomic mass is 10.1. The van der Waals surface area contributed by atoms with Crippen LogP contribution in [0.4, 0.5) is 0 Å². The Bertz CT molecular complexity index is 471. The van der Waals surface area contributed by atoms with Crippen LogP contribution < -0.4 is 11.2 Å². The van der Waals surface area contributed by atoms with Gasteiger partial charge in [0, 0.05) is 13.1 Å². The van der Waals surface area contributed by atoms with Crippen LogP contribution in [0.15, 0.2) is 15.7 Å². The molecular formula is C11H18N2O3. The highest BCUT2D eigenvalue weighted by Gasteiger charge is 2.09. The second kappa shape index (κ2) is 5.01. The first-order valence-electron chi connectivity index (χ1n) is 5.51. The minimum atomic E-state index is -0.453. The molecule has 0 aliphatic heterocycles. The number of rotatable bonds is 4. The van der Waals surface area contributed by atoms with Gasteiger partial charge >= 0.3 is 5.69 Å². The molecule has 1 heterocycles. The molecular weight excluding hydrogens is 208 g/mol. The third-order valence-corrected chi connectivity index (χ3v) is 2.50. The standard InChI is InChI=1S/C11H18N2O3/c1-4-12-9(14)7-10(15)13(11(12)16)6-5-8(2)3/h7-8,15H,4-6H2,1-3H3. The van der Waals surface area contributed by atoms with Crippen LogP contribution in [0.3, 0.4) is 0 Å². The van der Waals surface area contributed by atoms with Crippen LogP contribution in [0.5, 0.6) is 5.88 Å². The van der Waals surface area contributed by atoms with E-state index in [-0.39, 0.29) is 5.88 Å². The van der Waals surface area contributed by atoms with Gasteiger partial charge in [0.05, 0.1) is 6.07 Å². The van der Waals surface area contributed by atoms with Crippen molar-refractivity contribution in [2.75, 3.05) is 0 Å². The molecule has 1 rings (SSSR count). The molecule has 1 aromatic heterocycles. The van der Waals surface area contributed by atoms with E-state index in [9.17, 15) is 14.7 Å². The van der Waals surface area contributed by atoms with Gasteiger partial charge in [0.1, 0.15) is 0 Å². The van der Waals surface area contributed by atoms with Crippen LogP contribution in [-0.2, 0) is 13.1 Å². The van der Waals surface area contributed by atoms with Gasteiger partial charge in [0.25, 0.3) is 5.56 Å². The van der Waals surface area contributed by atoms with E-state index in [0.717, 1.165) is 17.1 Å². The molecule has 0 aromatic carbocycles. The molecule has 0 atom stereocenters. The molecule has 0 radical (unpaired) electrons. The highest BCUT2D eigenvalue weighted by molar-refractivity contribution is 5.07. The SMILES string of the molecule is CCn1c(=O)cc(O)n(CCC(C)C)c1=O. The molecule has 1 aromatic rings. The first-order chi connectivity index (χ1) is 7.47. The van der Waals surface area contributed by atoms with Gasteiger partial charge in [-0.05, 0) is 19.3 Å². The lowest BCUT2D eigenvalue weighted by Gasteiger charge is -2.11. The molecule has 0 saturated carbocycles. The summed E-state index contributed by atoms with van der Waals surface area (Å²) in [6, 6.07) is 1.09. The first kappa shape index (κ1) is 12.5. The second-order valence-electron chi connectivity index (χ2n) is 4.20. The number of aromatic nitrogens is 2. The summed E-state index contributed by atoms with van der Waals surface area (Å²) in [4.78, 5) is 23.2. The average molecular weight is 226 g/mol. The molecule has 5 heteroatoms. The molecule has 0 amide bonds. The number of hydrogen-bond donors (Lipinski definition) is 1. The van der Waals surface area contributed by atoms with Crippen LogP contribution >= 0.6 is 0 Å². The fourth-order valence-corrected chi connectivity index (χ4v) is 1.49. The fourth-order valence-electron chi connectivity index (χ4n) is 1.49. The summed E-state index contributed by atoms with van der Waals surface area (Å²) in [5, 5.41) is 9.55. The van der Waals surface area contributed by atoms with Crippen molar-refractivity contribution in [3.8, 4) is 5.88 Å². The Labute approximate surface area is 94.0 Å². The zero-order valence-electron chi connectivity index (χ0n) is 9.93. The Morgan fingerprint density at radius 3 is 2.44 bits per heavy atom. The average Bonchev–Trinajstić information content (AvgIpc) is 2.16. The van der Waals surface area contributed by atoms with E-state index in [2.05, 4.69) is 0 Å². The van der Waals surface area contributed by atoms with Gasteiger partial charge < -0.3 is 5.11 Å². The predicted octanol–water partition coefficient (Wildman–Crippen LogP) is 0.782. The first-order valence-corrected chi connectivity index (χ1v) is 5.51. The molecule has 1 N–H and O–H groups in total. The highest BCUT2D eigenvalue weighted by atomic mass is 16.3. The molecule has 0 aliphatic rings. The van der Waals surface area contributed by atoms with Crippen molar-refractivity contribution in [2.45, 2.75) is 40.3 Å². The van der Waals surface area contributed by atoms with Crippen molar-refractivity contribution in [1.82, 2.24) is 9.13 Å². The van der Waals surface area contributed by atoms with Gasteiger partial charge in [-0.3, -0.25) is 13.9 Å². The maximum absolute atomic E-state index is 11.8. The van der Waals surface area contributed by atoms with Crippen molar-refractivity contribution < 1.29 is 5.11 Å². The normalized spacial score (nSPS) is 11.0. The van der Waals surface area contributed by atoms with Crippen molar-refractivity contribution in [3.05, 3.63) is 26.9 Å². The smallest absolute Gasteiger partial charge is 0.333 e. The minimum Gasteiger partial charge on any atom is -0.494 e. The van der Waals surface area contributed by atoms with Crippen LogP contribution in [0.1, 0.15) is 27.2 Å². The second-order valence-corrected chi connectivity index (χ2v) is 4.20. The maximum Gasteiger partial charge on any atom is 0.333 e. The Morgan fingerprint density at radius 1 is 1.31 bits per heavy atom. The Hall–Kier alpha value is -1.52. The van der Waals surface area contributed by atoms with Crippen LogP contribution in [0.2, 0.25) is 0 Å². The number of hydrogen-bond acceptors (Lipinski definition) is 3. The third kappa shape index (κ3) is 2.53. The summed E-state index contributed by atoms with van der Waals surface area (Å²) in [5.41, 5.74) is -0.890. The molecule has 90 valence electrons. The van der Waals surface area contributed by atoms with Crippen molar-refractivity contribution in [2.24, 2.45) is 5.92 Å². The van der Waals surface area contributed by atoms with Gasteiger partial charge in [0.2, 0.25) is 5.88 Å². The monoisotopic (exact) mass is 226 g/mol. The van der Waals surface area contributed by atoms with Crippen LogP contribution in [-0.4, -0.2) is 14.2 Å². The zero-order chi connectivity index (χ0) is 12.3. The van der Waals surface area contributed by atoms with E-state index >= 15 is 0 Å². The van der Waals surface area contributed by atoms with Crippen molar-refractivity contribution in [1.29, 1.82) is 0 Å². The van der Waals surface area contributed by atoms with Crippen LogP contribution in [0, 0.1) is 5.92 Å². The molecule has 5 nitrogen and oxygen atoms in total. The molecule has 0 saturated heterocycles. The summed E-state index contributed by atoms with van der Waals surface area (Å²) in [5.74, 6) is 0.189. The van der Waals surface area contributed by atoms with Gasteiger partial charge in [0.15, 0.2) is 0 Å². The molecule has 0 bridgehead atoms. The molecule has 0 unspecified atom stereocenters. The van der Waals surface area contributed by atoms with Gasteiger partial charge in [-0.2, -0.15) is 0 Å². The van der Waals surface area contributed by atoms with Gasteiger partial charge in [-0.15, -0.1) is 0 Å². The summed E-state index contributed by atoms with van der Waals surface area (Å²) in [7, 11) is 0. The van der Waals surface area contributed by atoms with Crippen LogP contribution in [0.25, 0.3) is 0 Å². The van der Waals surface area contributed by atoms with Crippen molar-refractivity contribution in [3.63, 3.8) is 0 Å². The van der Waals surface area contributed by atoms with Crippen molar-refractivity contribution >= 4 is 0 Å². The molecule has 0 spiro atoms. The third-order valence-electron chi connectivity index (χ3n) is 2.50. The summed E-state index contributed by atoms with van der Waals surface area (Å²) in [6.45, 7) is 6.56. The summed E-state index contributed by atoms with van der Waals surface area (Å²) < 4.78 is 2.35. The molecule has 0 aliphatic carbocycles. The summed E-state index contributed by atoms with van der Waals surface area (Å²) in [6.07, 6.45) is 0.787. The quantitative estimate of drug-likeness (QED) is 0.825. The van der Waals surface area contributed by atoms with E-state index in [0.29, 0.717) is 19.0 Å². The van der Waals surface area contributed by atoms with Gasteiger partial charge in [-0.25, -0.2) is 4.79 Å². The topological polar surface area (TPSA) is 64.2 Å². The van der Waals surface area contributed by atoms with E-state index in [1.165, 1.54) is 4.57 Å². The number of nitrogens with zero attached hydrogens (tertiary/aromatic N) is 2. The number of aromatic hydroxyl groups is 1.